The second-order valence-electron chi connectivity index (χ2n) is 10.3. The van der Waals surface area contributed by atoms with Crippen LogP contribution in [0.2, 0.25) is 0 Å². The molecule has 1 aromatic heterocycles. The lowest BCUT2D eigenvalue weighted by Crippen LogP contribution is -2.30. The molecule has 3 aromatic carbocycles. The summed E-state index contributed by atoms with van der Waals surface area (Å²) in [5, 5.41) is 11.9. The second-order valence-corrected chi connectivity index (χ2v) is 10.3. The summed E-state index contributed by atoms with van der Waals surface area (Å²) in [5.41, 5.74) is 5.87. The molecular formula is C34H31N3O6. The van der Waals surface area contributed by atoms with E-state index in [2.05, 4.69) is 10.3 Å². The van der Waals surface area contributed by atoms with E-state index in [0.717, 1.165) is 64.7 Å². The van der Waals surface area contributed by atoms with Crippen LogP contribution in [0.15, 0.2) is 78.9 Å². The van der Waals surface area contributed by atoms with Gasteiger partial charge in [-0.15, -0.1) is 0 Å². The summed E-state index contributed by atoms with van der Waals surface area (Å²) in [5.74, 6) is 0.898. The van der Waals surface area contributed by atoms with E-state index < -0.39 is 5.97 Å². The number of carboxylic acids is 1. The van der Waals surface area contributed by atoms with Crippen LogP contribution in [-0.4, -0.2) is 59.4 Å². The van der Waals surface area contributed by atoms with Crippen molar-refractivity contribution in [1.82, 2.24) is 15.3 Å². The molecule has 1 atom stereocenters. The summed E-state index contributed by atoms with van der Waals surface area (Å²) in [6, 6.07) is 21.2. The molecule has 0 bridgehead atoms. The number of H-pyrrole nitrogens is 1. The molecule has 9 nitrogen and oxygen atoms in total. The van der Waals surface area contributed by atoms with Crippen LogP contribution in [0.3, 0.4) is 0 Å². The van der Waals surface area contributed by atoms with E-state index in [1.165, 1.54) is 6.08 Å². The maximum atomic E-state index is 12.3. The molecule has 1 amide bonds. The summed E-state index contributed by atoms with van der Waals surface area (Å²) >= 11 is 0. The summed E-state index contributed by atoms with van der Waals surface area (Å²) in [4.78, 5) is 31.7. The van der Waals surface area contributed by atoms with Gasteiger partial charge in [0.1, 0.15) is 19.0 Å². The highest BCUT2D eigenvalue weighted by Crippen LogP contribution is 2.37. The first-order valence-electron chi connectivity index (χ1n) is 14.2. The number of benzene rings is 3. The van der Waals surface area contributed by atoms with Crippen molar-refractivity contribution in [3.05, 3.63) is 90.0 Å². The van der Waals surface area contributed by atoms with E-state index >= 15 is 0 Å². The second kappa shape index (κ2) is 12.8. The molecule has 2 aliphatic rings. The number of aliphatic carboxylic acids is 1. The number of nitrogens with one attached hydrogen (secondary N) is 2. The molecule has 0 aliphatic carbocycles. The highest BCUT2D eigenvalue weighted by Gasteiger charge is 2.19. The minimum atomic E-state index is -0.999. The Kier molecular flexibility index (Phi) is 8.33. The predicted octanol–water partition coefficient (Wildman–Crippen LogP) is 5.59. The highest BCUT2D eigenvalue weighted by molar-refractivity contribution is 5.92. The van der Waals surface area contributed by atoms with Crippen LogP contribution in [0, 0.1) is 0 Å². The molecule has 0 radical (unpaired) electrons. The summed E-state index contributed by atoms with van der Waals surface area (Å²) in [7, 11) is 0. The normalized spacial score (nSPS) is 16.1. The van der Waals surface area contributed by atoms with Crippen LogP contribution in [0.4, 0.5) is 0 Å². The quantitative estimate of drug-likeness (QED) is 0.222. The van der Waals surface area contributed by atoms with Gasteiger partial charge in [0.2, 0.25) is 5.91 Å². The van der Waals surface area contributed by atoms with Gasteiger partial charge < -0.3 is 29.6 Å². The molecule has 3 heterocycles. The third-order valence-corrected chi connectivity index (χ3v) is 7.28. The SMILES string of the molecule is O=C(O)C=Cc1ccc(-c2[nH]c(-c3ccc4c(c3)OCCO4)nc2-c2ccc(C=CC(=O)NCC3CCCO3)cc2)cc1. The molecule has 2 aliphatic heterocycles. The molecule has 43 heavy (non-hydrogen) atoms. The smallest absolute Gasteiger partial charge is 0.328 e. The zero-order chi connectivity index (χ0) is 29.6. The van der Waals surface area contributed by atoms with Gasteiger partial charge in [0.25, 0.3) is 0 Å². The Hall–Kier alpha value is -5.15. The third kappa shape index (κ3) is 6.85. The lowest BCUT2D eigenvalue weighted by Gasteiger charge is -2.18. The largest absolute Gasteiger partial charge is 0.486 e. The number of rotatable bonds is 9. The minimum Gasteiger partial charge on any atom is -0.486 e. The van der Waals surface area contributed by atoms with Gasteiger partial charge in [0.15, 0.2) is 11.5 Å². The molecule has 3 N–H and O–H groups in total. The van der Waals surface area contributed by atoms with Gasteiger partial charge in [-0.3, -0.25) is 4.79 Å². The van der Waals surface area contributed by atoms with Crippen molar-refractivity contribution >= 4 is 24.0 Å². The van der Waals surface area contributed by atoms with Gasteiger partial charge in [-0.05, 0) is 54.3 Å². The lowest BCUT2D eigenvalue weighted by molar-refractivity contribution is -0.131. The van der Waals surface area contributed by atoms with Crippen molar-refractivity contribution in [3.8, 4) is 45.4 Å². The Labute approximate surface area is 248 Å². The third-order valence-electron chi connectivity index (χ3n) is 7.28. The maximum Gasteiger partial charge on any atom is 0.328 e. The molecule has 4 aromatic rings. The fourth-order valence-electron chi connectivity index (χ4n) is 5.05. The number of aromatic amines is 1. The van der Waals surface area contributed by atoms with E-state index in [1.807, 2.05) is 66.7 Å². The summed E-state index contributed by atoms with van der Waals surface area (Å²) in [6.45, 7) is 2.29. The van der Waals surface area contributed by atoms with E-state index in [0.29, 0.717) is 37.1 Å². The molecule has 6 rings (SSSR count). The number of aromatic nitrogens is 2. The minimum absolute atomic E-state index is 0.101. The van der Waals surface area contributed by atoms with Gasteiger partial charge in [-0.25, -0.2) is 9.78 Å². The van der Waals surface area contributed by atoms with Crippen molar-refractivity contribution in [2.24, 2.45) is 0 Å². The lowest BCUT2D eigenvalue weighted by atomic mass is 10.0. The Balaban J connectivity index is 1.27. The van der Waals surface area contributed by atoms with Gasteiger partial charge in [0, 0.05) is 42.0 Å². The number of ether oxygens (including phenoxy) is 3. The fraction of sp³-hybridized carbons (Fsp3) is 0.206. The molecule has 0 spiro atoms. The zero-order valence-electron chi connectivity index (χ0n) is 23.4. The highest BCUT2D eigenvalue weighted by atomic mass is 16.6. The Morgan fingerprint density at radius 3 is 2.23 bits per heavy atom. The van der Waals surface area contributed by atoms with Gasteiger partial charge >= 0.3 is 5.97 Å². The van der Waals surface area contributed by atoms with Crippen LogP contribution in [0.5, 0.6) is 11.5 Å². The first-order valence-corrected chi connectivity index (χ1v) is 14.2. The van der Waals surface area contributed by atoms with Crippen molar-refractivity contribution in [1.29, 1.82) is 0 Å². The zero-order valence-corrected chi connectivity index (χ0v) is 23.4. The van der Waals surface area contributed by atoms with E-state index in [4.69, 9.17) is 24.3 Å². The monoisotopic (exact) mass is 577 g/mol. The number of hydrogen-bond acceptors (Lipinski definition) is 6. The molecule has 218 valence electrons. The number of carboxylic acid groups (broad SMARTS) is 1. The maximum absolute atomic E-state index is 12.3. The Morgan fingerprint density at radius 2 is 1.53 bits per heavy atom. The summed E-state index contributed by atoms with van der Waals surface area (Å²) in [6.07, 6.45) is 8.09. The average molecular weight is 578 g/mol. The number of nitrogens with zero attached hydrogens (tertiary/aromatic N) is 1. The molecule has 1 saturated heterocycles. The summed E-state index contributed by atoms with van der Waals surface area (Å²) < 4.78 is 17.0. The molecule has 0 saturated carbocycles. The van der Waals surface area contributed by atoms with Crippen LogP contribution in [0.25, 0.3) is 46.1 Å². The topological polar surface area (TPSA) is 123 Å². The first-order chi connectivity index (χ1) is 21.0. The molecule has 9 heteroatoms. The fourth-order valence-corrected chi connectivity index (χ4v) is 5.05. The number of hydrogen-bond donors (Lipinski definition) is 3. The van der Waals surface area contributed by atoms with E-state index in [-0.39, 0.29) is 12.0 Å². The van der Waals surface area contributed by atoms with Crippen molar-refractivity contribution < 1.29 is 28.9 Å². The van der Waals surface area contributed by atoms with Crippen LogP contribution >= 0.6 is 0 Å². The van der Waals surface area contributed by atoms with Gasteiger partial charge in [-0.1, -0.05) is 48.5 Å². The predicted molar refractivity (Wildman–Crippen MR) is 164 cm³/mol. The molecular weight excluding hydrogens is 546 g/mol. The van der Waals surface area contributed by atoms with Crippen molar-refractivity contribution in [2.45, 2.75) is 18.9 Å². The average Bonchev–Trinajstić information content (AvgIpc) is 3.73. The van der Waals surface area contributed by atoms with Crippen LogP contribution in [0.1, 0.15) is 24.0 Å². The van der Waals surface area contributed by atoms with Crippen LogP contribution < -0.4 is 14.8 Å². The van der Waals surface area contributed by atoms with Gasteiger partial charge in [0.05, 0.1) is 17.5 Å². The van der Waals surface area contributed by atoms with E-state index in [1.54, 1.807) is 12.2 Å². The van der Waals surface area contributed by atoms with Crippen molar-refractivity contribution in [2.75, 3.05) is 26.4 Å². The number of imidazole rings is 1. The standard InChI is InChI=1S/C34H31N3O6/c38-30(35-21-27-2-1-17-41-27)15-7-22-3-9-24(10-4-22)32-33(25-11-5-23(6-12-25)8-16-31(39)40)37-34(36-32)26-13-14-28-29(20-26)43-19-18-42-28/h3-16,20,27H,1-2,17-19,21H2,(H,35,38)(H,36,37)(H,39,40). The number of carbonyl (C=O) groups is 2. The Morgan fingerprint density at radius 1 is 0.860 bits per heavy atom. The van der Waals surface area contributed by atoms with Crippen LogP contribution in [-0.2, 0) is 14.3 Å². The first kappa shape index (κ1) is 28.0. The molecule has 1 fully saturated rings. The van der Waals surface area contributed by atoms with Crippen molar-refractivity contribution in [3.63, 3.8) is 0 Å². The Bertz CT molecular complexity index is 1670. The number of amides is 1. The van der Waals surface area contributed by atoms with Gasteiger partial charge in [-0.2, -0.15) is 0 Å². The molecule has 1 unspecified atom stereocenters. The number of fused-ring (bicyclic) bond motifs is 1. The number of carbonyl (C=O) groups excluding carboxylic acids is 1. The van der Waals surface area contributed by atoms with E-state index in [9.17, 15) is 9.59 Å².